The van der Waals surface area contributed by atoms with E-state index >= 15 is 0 Å². The summed E-state index contributed by atoms with van der Waals surface area (Å²) in [7, 11) is 0. The predicted molar refractivity (Wildman–Crippen MR) is 60.9 cm³/mol. The van der Waals surface area contributed by atoms with Gasteiger partial charge in [0.2, 0.25) is 0 Å². The smallest absolute Gasteiger partial charge is 0.306 e. The van der Waals surface area contributed by atoms with Gasteiger partial charge in [-0.15, -0.1) is 0 Å². The average Bonchev–Trinajstić information content (AvgIpc) is 2.52. The van der Waals surface area contributed by atoms with Gasteiger partial charge in [-0.05, 0) is 18.6 Å². The average molecular weight is 217 g/mol. The minimum atomic E-state index is 0.161. The molecule has 0 atom stereocenters. The van der Waals surface area contributed by atoms with Gasteiger partial charge < -0.3 is 4.57 Å². The Morgan fingerprint density at radius 1 is 1.31 bits per heavy atom. The van der Waals surface area contributed by atoms with Crippen LogP contribution in [0.1, 0.15) is 25.7 Å². The molecule has 0 saturated carbocycles. The van der Waals surface area contributed by atoms with Gasteiger partial charge in [-0.3, -0.25) is 4.79 Å². The van der Waals surface area contributed by atoms with E-state index in [1.54, 1.807) is 4.57 Å². The Kier molecular flexibility index (Phi) is 5.23. The van der Waals surface area contributed by atoms with Gasteiger partial charge in [-0.25, -0.2) is 0 Å². The lowest BCUT2D eigenvalue weighted by Gasteiger charge is -2.00. The van der Waals surface area contributed by atoms with E-state index in [2.05, 4.69) is 12.6 Å². The Bertz CT molecular complexity index is 279. The second kappa shape index (κ2) is 6.27. The van der Waals surface area contributed by atoms with Gasteiger partial charge in [-0.2, -0.15) is 12.6 Å². The molecule has 4 heteroatoms. The molecule has 0 N–H and O–H groups in total. The molecule has 1 aromatic rings. The lowest BCUT2D eigenvalue weighted by Crippen LogP contribution is -2.11. The van der Waals surface area contributed by atoms with E-state index in [0.717, 1.165) is 18.7 Å². The van der Waals surface area contributed by atoms with Crippen molar-refractivity contribution in [3.63, 3.8) is 0 Å². The van der Waals surface area contributed by atoms with E-state index in [1.165, 1.54) is 30.6 Å². The Morgan fingerprint density at radius 2 is 2.08 bits per heavy atom. The first-order valence-corrected chi connectivity index (χ1v) is 6.10. The van der Waals surface area contributed by atoms with Crippen LogP contribution in [0.25, 0.3) is 0 Å². The molecule has 0 fully saturated rings. The molecule has 0 unspecified atom stereocenters. The van der Waals surface area contributed by atoms with Crippen LogP contribution in [0.2, 0.25) is 0 Å². The molecule has 0 aromatic carbocycles. The number of rotatable bonds is 6. The van der Waals surface area contributed by atoms with Crippen molar-refractivity contribution < 1.29 is 0 Å². The quantitative estimate of drug-likeness (QED) is 0.573. The molecule has 1 rings (SSSR count). The first-order valence-electron chi connectivity index (χ1n) is 4.59. The highest BCUT2D eigenvalue weighted by molar-refractivity contribution is 7.80. The number of unbranched alkanes of at least 4 members (excludes halogenated alkanes) is 3. The van der Waals surface area contributed by atoms with Crippen LogP contribution in [0.15, 0.2) is 16.4 Å². The monoisotopic (exact) mass is 217 g/mol. The van der Waals surface area contributed by atoms with Crippen molar-refractivity contribution in [3.8, 4) is 0 Å². The fourth-order valence-corrected chi connectivity index (χ4v) is 2.04. The van der Waals surface area contributed by atoms with Crippen molar-refractivity contribution >= 4 is 24.0 Å². The minimum absolute atomic E-state index is 0.161. The highest BCUT2D eigenvalue weighted by Crippen LogP contribution is 2.02. The Labute approximate surface area is 88.0 Å². The van der Waals surface area contributed by atoms with Crippen molar-refractivity contribution in [2.75, 3.05) is 5.75 Å². The maximum Gasteiger partial charge on any atom is 0.307 e. The molecule has 0 radical (unpaired) electrons. The third-order valence-electron chi connectivity index (χ3n) is 1.95. The molecule has 0 aliphatic carbocycles. The summed E-state index contributed by atoms with van der Waals surface area (Å²) in [5, 5.41) is 1.84. The van der Waals surface area contributed by atoms with Gasteiger partial charge in [0.15, 0.2) is 0 Å². The van der Waals surface area contributed by atoms with E-state index in [1.807, 2.05) is 11.6 Å². The molecule has 1 heterocycles. The standard InChI is InChI=1S/C9H15NOS2/c11-9-10(6-8-13-9)5-3-1-2-4-7-12/h6,8,12H,1-5,7H2. The van der Waals surface area contributed by atoms with E-state index in [0.29, 0.717) is 0 Å². The SMILES string of the molecule is O=c1sccn1CCCCCCS. The molecule has 1 aromatic heterocycles. The van der Waals surface area contributed by atoms with E-state index in [9.17, 15) is 4.79 Å². The molecule has 0 aliphatic heterocycles. The summed E-state index contributed by atoms with van der Waals surface area (Å²) in [4.78, 5) is 11.3. The number of hydrogen-bond donors (Lipinski definition) is 1. The summed E-state index contributed by atoms with van der Waals surface area (Å²) in [6, 6.07) is 0. The number of hydrogen-bond acceptors (Lipinski definition) is 3. The molecule has 0 aliphatic rings. The largest absolute Gasteiger partial charge is 0.307 e. The van der Waals surface area contributed by atoms with Gasteiger partial charge in [-0.1, -0.05) is 24.2 Å². The van der Waals surface area contributed by atoms with Gasteiger partial charge in [0, 0.05) is 18.1 Å². The maximum atomic E-state index is 11.1. The van der Waals surface area contributed by atoms with E-state index in [4.69, 9.17) is 0 Å². The zero-order valence-electron chi connectivity index (χ0n) is 7.61. The summed E-state index contributed by atoms with van der Waals surface area (Å²) in [6.45, 7) is 0.870. The van der Waals surface area contributed by atoms with Crippen molar-refractivity contribution in [1.82, 2.24) is 4.57 Å². The second-order valence-corrected chi connectivity index (χ2v) is 4.30. The van der Waals surface area contributed by atoms with Crippen LogP contribution in [-0.2, 0) is 6.54 Å². The normalized spacial score (nSPS) is 10.5. The minimum Gasteiger partial charge on any atom is -0.306 e. The van der Waals surface area contributed by atoms with Crippen LogP contribution < -0.4 is 4.87 Å². The van der Waals surface area contributed by atoms with Crippen molar-refractivity contribution in [2.45, 2.75) is 32.2 Å². The van der Waals surface area contributed by atoms with E-state index < -0.39 is 0 Å². The second-order valence-electron chi connectivity index (χ2n) is 3.00. The fraction of sp³-hybridized carbons (Fsp3) is 0.667. The molecule has 2 nitrogen and oxygen atoms in total. The zero-order chi connectivity index (χ0) is 9.52. The van der Waals surface area contributed by atoms with Crippen molar-refractivity contribution in [2.24, 2.45) is 0 Å². The van der Waals surface area contributed by atoms with E-state index in [-0.39, 0.29) is 4.87 Å². The molecular weight excluding hydrogens is 202 g/mol. The van der Waals surface area contributed by atoms with Crippen LogP contribution in [0, 0.1) is 0 Å². The van der Waals surface area contributed by atoms with Crippen molar-refractivity contribution in [3.05, 3.63) is 21.2 Å². The lowest BCUT2D eigenvalue weighted by atomic mass is 10.2. The van der Waals surface area contributed by atoms with Crippen LogP contribution in [0.4, 0.5) is 0 Å². The van der Waals surface area contributed by atoms with Gasteiger partial charge in [0.25, 0.3) is 0 Å². The number of aromatic nitrogens is 1. The number of thiol groups is 1. The summed E-state index contributed by atoms with van der Waals surface area (Å²) < 4.78 is 1.78. The van der Waals surface area contributed by atoms with Gasteiger partial charge >= 0.3 is 4.87 Å². The Hall–Kier alpha value is -0.220. The lowest BCUT2D eigenvalue weighted by molar-refractivity contribution is 0.579. The number of aryl methyl sites for hydroxylation is 1. The zero-order valence-corrected chi connectivity index (χ0v) is 9.32. The van der Waals surface area contributed by atoms with Crippen LogP contribution in [0.3, 0.4) is 0 Å². The van der Waals surface area contributed by atoms with Gasteiger partial charge in [0.05, 0.1) is 0 Å². The Morgan fingerprint density at radius 3 is 2.69 bits per heavy atom. The topological polar surface area (TPSA) is 22.0 Å². The molecule has 13 heavy (non-hydrogen) atoms. The third-order valence-corrected chi connectivity index (χ3v) is 2.96. The van der Waals surface area contributed by atoms with Crippen LogP contribution >= 0.6 is 24.0 Å². The number of thiazole rings is 1. The summed E-state index contributed by atoms with van der Waals surface area (Å²) in [5.74, 6) is 0.971. The molecular formula is C9H15NOS2. The fourth-order valence-electron chi connectivity index (χ4n) is 1.20. The molecule has 0 spiro atoms. The highest BCUT2D eigenvalue weighted by atomic mass is 32.1. The first-order chi connectivity index (χ1) is 6.34. The summed E-state index contributed by atoms with van der Waals surface area (Å²) in [5.41, 5.74) is 0. The highest BCUT2D eigenvalue weighted by Gasteiger charge is 1.95. The maximum absolute atomic E-state index is 11.1. The summed E-state index contributed by atoms with van der Waals surface area (Å²) >= 11 is 5.41. The van der Waals surface area contributed by atoms with Crippen LogP contribution in [-0.4, -0.2) is 10.3 Å². The van der Waals surface area contributed by atoms with Gasteiger partial charge in [0.1, 0.15) is 0 Å². The predicted octanol–water partition coefficient (Wildman–Crippen LogP) is 2.40. The molecule has 0 bridgehead atoms. The third kappa shape index (κ3) is 4.00. The molecule has 74 valence electrons. The first kappa shape index (κ1) is 10.9. The Balaban J connectivity index is 2.13. The summed E-state index contributed by atoms with van der Waals surface area (Å²) in [6.07, 6.45) is 6.57. The van der Waals surface area contributed by atoms with Crippen molar-refractivity contribution in [1.29, 1.82) is 0 Å². The number of nitrogens with zero attached hydrogens (tertiary/aromatic N) is 1. The van der Waals surface area contributed by atoms with Crippen LogP contribution in [0.5, 0.6) is 0 Å². The molecule has 0 amide bonds. The molecule has 0 saturated heterocycles.